The van der Waals surface area contributed by atoms with Gasteiger partial charge in [0.15, 0.2) is 5.78 Å². The third-order valence-corrected chi connectivity index (χ3v) is 4.04. The van der Waals surface area contributed by atoms with Crippen LogP contribution in [0.25, 0.3) is 11.0 Å². The maximum absolute atomic E-state index is 12.7. The first-order chi connectivity index (χ1) is 10.1. The predicted molar refractivity (Wildman–Crippen MR) is 78.8 cm³/mol. The van der Waals surface area contributed by atoms with Crippen molar-refractivity contribution in [2.75, 3.05) is 0 Å². The normalized spacial score (nSPS) is 14.5. The van der Waals surface area contributed by atoms with Gasteiger partial charge in [-0.05, 0) is 24.8 Å². The lowest BCUT2D eigenvalue weighted by atomic mass is 9.90. The van der Waals surface area contributed by atoms with Gasteiger partial charge in [-0.2, -0.15) is 0 Å². The van der Waals surface area contributed by atoms with E-state index in [4.69, 9.17) is 0 Å². The summed E-state index contributed by atoms with van der Waals surface area (Å²) in [5.74, 6) is 0.0287. The van der Waals surface area contributed by atoms with Crippen LogP contribution in [-0.4, -0.2) is 19.9 Å². The van der Waals surface area contributed by atoms with Gasteiger partial charge in [0.2, 0.25) is 0 Å². The van der Waals surface area contributed by atoms with Crippen molar-refractivity contribution in [1.29, 1.82) is 0 Å². The van der Waals surface area contributed by atoms with Crippen molar-refractivity contribution in [3.05, 3.63) is 38.2 Å². The summed E-state index contributed by atoms with van der Waals surface area (Å²) < 4.78 is 2.63. The maximum Gasteiger partial charge on any atom is 0.332 e. The molecule has 0 saturated heterocycles. The van der Waals surface area contributed by atoms with E-state index < -0.39 is 0 Å². The van der Waals surface area contributed by atoms with Gasteiger partial charge < -0.3 is 0 Å². The van der Waals surface area contributed by atoms with E-state index in [-0.39, 0.29) is 17.0 Å². The van der Waals surface area contributed by atoms with Gasteiger partial charge in [0, 0.05) is 31.8 Å². The van der Waals surface area contributed by atoms with E-state index in [1.807, 2.05) is 6.92 Å². The number of ketones is 1. The number of carbonyl (C=O) groups excluding carboxylic acids is 1. The quantitative estimate of drug-likeness (QED) is 0.826. The topological polar surface area (TPSA) is 74.0 Å². The summed E-state index contributed by atoms with van der Waals surface area (Å²) in [4.78, 5) is 41.1. The van der Waals surface area contributed by atoms with Crippen LogP contribution in [0.3, 0.4) is 0 Å². The van der Waals surface area contributed by atoms with Crippen LogP contribution in [0.15, 0.2) is 15.8 Å². The van der Waals surface area contributed by atoms with Crippen LogP contribution in [-0.2, 0) is 20.0 Å². The van der Waals surface area contributed by atoms with Crippen molar-refractivity contribution in [3.63, 3.8) is 0 Å². The summed E-state index contributed by atoms with van der Waals surface area (Å²) in [7, 11) is 1.61. The summed E-state index contributed by atoms with van der Waals surface area (Å²) in [5, 5.41) is 0.427. The molecule has 6 heteroatoms. The van der Waals surface area contributed by atoms with Gasteiger partial charge in [-0.3, -0.25) is 18.7 Å². The first-order valence-corrected chi connectivity index (χ1v) is 7.20. The molecule has 0 bridgehead atoms. The second-order valence-electron chi connectivity index (χ2n) is 5.42. The molecule has 21 heavy (non-hydrogen) atoms. The number of fused-ring (bicyclic) bond motifs is 3. The van der Waals surface area contributed by atoms with E-state index in [1.54, 1.807) is 7.05 Å². The highest BCUT2D eigenvalue weighted by Crippen LogP contribution is 2.24. The molecule has 0 aliphatic heterocycles. The minimum atomic E-state index is -0.357. The highest BCUT2D eigenvalue weighted by Gasteiger charge is 2.23. The van der Waals surface area contributed by atoms with Crippen molar-refractivity contribution >= 4 is 16.8 Å². The van der Waals surface area contributed by atoms with Gasteiger partial charge in [0.25, 0.3) is 5.56 Å². The van der Waals surface area contributed by atoms with Crippen LogP contribution in [0.5, 0.6) is 0 Å². The smallest absolute Gasteiger partial charge is 0.294 e. The SMILES string of the molecule is CCCn1c(=O)c2c3c(cnc2n(C)c1=O)C(=O)CCC3. The minimum Gasteiger partial charge on any atom is -0.294 e. The Morgan fingerprint density at radius 2 is 2.00 bits per heavy atom. The van der Waals surface area contributed by atoms with E-state index in [0.29, 0.717) is 42.4 Å². The Labute approximate surface area is 121 Å². The molecule has 1 aliphatic rings. The summed E-state index contributed by atoms with van der Waals surface area (Å²) in [6, 6.07) is 0. The van der Waals surface area contributed by atoms with Crippen LogP contribution < -0.4 is 11.2 Å². The Balaban J connectivity index is 2.49. The number of nitrogens with zero attached hydrogens (tertiary/aromatic N) is 3. The molecule has 0 amide bonds. The molecule has 0 spiro atoms. The molecule has 3 rings (SSSR count). The summed E-state index contributed by atoms with van der Waals surface area (Å²) in [5.41, 5.74) is 0.970. The van der Waals surface area contributed by atoms with Crippen molar-refractivity contribution in [1.82, 2.24) is 14.1 Å². The molecular weight excluding hydrogens is 270 g/mol. The van der Waals surface area contributed by atoms with Crippen molar-refractivity contribution in [2.45, 2.75) is 39.2 Å². The molecular formula is C15H17N3O3. The number of hydrogen-bond acceptors (Lipinski definition) is 4. The van der Waals surface area contributed by atoms with Crippen LogP contribution in [0, 0.1) is 0 Å². The molecule has 2 heterocycles. The molecule has 2 aromatic rings. The Kier molecular flexibility index (Phi) is 3.23. The summed E-state index contributed by atoms with van der Waals surface area (Å²) in [6.07, 6.45) is 4.11. The van der Waals surface area contributed by atoms with Gasteiger partial charge in [0.1, 0.15) is 5.65 Å². The van der Waals surface area contributed by atoms with Crippen LogP contribution in [0.4, 0.5) is 0 Å². The van der Waals surface area contributed by atoms with Crippen molar-refractivity contribution in [3.8, 4) is 0 Å². The highest BCUT2D eigenvalue weighted by atomic mass is 16.2. The van der Waals surface area contributed by atoms with Crippen LogP contribution >= 0.6 is 0 Å². The van der Waals surface area contributed by atoms with E-state index in [1.165, 1.54) is 15.3 Å². The Morgan fingerprint density at radius 3 is 2.71 bits per heavy atom. The lowest BCUT2D eigenvalue weighted by molar-refractivity contribution is 0.0972. The number of hydrogen-bond donors (Lipinski definition) is 0. The fraction of sp³-hybridized carbons (Fsp3) is 0.467. The molecule has 110 valence electrons. The van der Waals surface area contributed by atoms with Gasteiger partial charge in [0.05, 0.1) is 5.39 Å². The molecule has 0 aromatic carbocycles. The zero-order valence-electron chi connectivity index (χ0n) is 12.2. The predicted octanol–water partition coefficient (Wildman–Crippen LogP) is 1.02. The average molecular weight is 287 g/mol. The third-order valence-electron chi connectivity index (χ3n) is 4.04. The first kappa shape index (κ1) is 13.7. The maximum atomic E-state index is 12.7. The van der Waals surface area contributed by atoms with Gasteiger partial charge >= 0.3 is 5.69 Å². The highest BCUT2D eigenvalue weighted by molar-refractivity contribution is 6.01. The van der Waals surface area contributed by atoms with Crippen LogP contribution in [0.1, 0.15) is 42.1 Å². The number of aromatic nitrogens is 3. The fourth-order valence-corrected chi connectivity index (χ4v) is 2.99. The lowest BCUT2D eigenvalue weighted by Gasteiger charge is -2.18. The van der Waals surface area contributed by atoms with Crippen LogP contribution in [0.2, 0.25) is 0 Å². The molecule has 0 fully saturated rings. The van der Waals surface area contributed by atoms with E-state index in [0.717, 1.165) is 12.0 Å². The number of carbonyl (C=O) groups is 1. The van der Waals surface area contributed by atoms with Crippen molar-refractivity contribution in [2.24, 2.45) is 7.05 Å². The lowest BCUT2D eigenvalue weighted by Crippen LogP contribution is -2.40. The number of pyridine rings is 1. The van der Waals surface area contributed by atoms with E-state index >= 15 is 0 Å². The van der Waals surface area contributed by atoms with Gasteiger partial charge in [-0.1, -0.05) is 6.92 Å². The van der Waals surface area contributed by atoms with Crippen molar-refractivity contribution < 1.29 is 4.79 Å². The Morgan fingerprint density at radius 1 is 1.24 bits per heavy atom. The van der Waals surface area contributed by atoms with Gasteiger partial charge in [-0.25, -0.2) is 9.78 Å². The standard InChI is InChI=1S/C15H17N3O3/c1-3-7-18-14(20)12-9-5-4-6-11(19)10(9)8-16-13(12)17(2)15(18)21/h8H,3-7H2,1-2H3. The molecule has 0 saturated carbocycles. The molecule has 0 N–H and O–H groups in total. The Hall–Kier alpha value is -2.24. The number of Topliss-reactive ketones (excluding diaryl/α,β-unsaturated/α-hetero) is 1. The largest absolute Gasteiger partial charge is 0.332 e. The zero-order valence-corrected chi connectivity index (χ0v) is 12.2. The Bertz CT molecular complexity index is 861. The first-order valence-electron chi connectivity index (χ1n) is 7.20. The number of rotatable bonds is 2. The summed E-state index contributed by atoms with van der Waals surface area (Å²) >= 11 is 0. The molecule has 2 aromatic heterocycles. The monoisotopic (exact) mass is 287 g/mol. The molecule has 0 unspecified atom stereocenters. The molecule has 6 nitrogen and oxygen atoms in total. The van der Waals surface area contributed by atoms with E-state index in [9.17, 15) is 14.4 Å². The van der Waals surface area contributed by atoms with Gasteiger partial charge in [-0.15, -0.1) is 0 Å². The molecule has 0 atom stereocenters. The average Bonchev–Trinajstić information content (AvgIpc) is 2.48. The second kappa shape index (κ2) is 4.95. The fourth-order valence-electron chi connectivity index (χ4n) is 2.99. The summed E-state index contributed by atoms with van der Waals surface area (Å²) in [6.45, 7) is 2.29. The minimum absolute atomic E-state index is 0.0287. The molecule has 0 radical (unpaired) electrons. The zero-order chi connectivity index (χ0) is 15.1. The second-order valence-corrected chi connectivity index (χ2v) is 5.42. The third kappa shape index (κ3) is 1.93. The molecule has 1 aliphatic carbocycles. The van der Waals surface area contributed by atoms with E-state index in [2.05, 4.69) is 4.98 Å². The number of aryl methyl sites for hydroxylation is 2.